The van der Waals surface area contributed by atoms with Crippen LogP contribution in [0.2, 0.25) is 0 Å². The van der Waals surface area contributed by atoms with Gasteiger partial charge in [-0.3, -0.25) is 9.48 Å². The number of nitrogens with zero attached hydrogens (tertiary/aromatic N) is 4. The largest absolute Gasteiger partial charge is 0.378 e. The summed E-state index contributed by atoms with van der Waals surface area (Å²) in [6.45, 7) is 5.36. The molecule has 2 rings (SSSR count). The molecule has 2 aromatic rings. The molecule has 0 atom stereocenters. The van der Waals surface area contributed by atoms with Crippen LogP contribution in [0.1, 0.15) is 31.0 Å². The molecule has 0 saturated carbocycles. The van der Waals surface area contributed by atoms with Crippen molar-refractivity contribution in [2.24, 2.45) is 7.05 Å². The average molecular weight is 354 g/mol. The number of halogens is 1. The lowest BCUT2D eigenvalue weighted by Crippen LogP contribution is -2.24. The zero-order valence-electron chi connectivity index (χ0n) is 12.6. The summed E-state index contributed by atoms with van der Waals surface area (Å²) in [7, 11) is 1.91. The molecule has 0 aromatic carbocycles. The van der Waals surface area contributed by atoms with Crippen LogP contribution in [0.5, 0.6) is 0 Å². The van der Waals surface area contributed by atoms with Crippen molar-refractivity contribution in [3.8, 4) is 0 Å². The summed E-state index contributed by atoms with van der Waals surface area (Å²) in [5.41, 5.74) is 2.80. The molecule has 0 spiro atoms. The van der Waals surface area contributed by atoms with E-state index in [-0.39, 0.29) is 5.56 Å². The molecule has 0 unspecified atom stereocenters. The van der Waals surface area contributed by atoms with Gasteiger partial charge >= 0.3 is 0 Å². The highest BCUT2D eigenvalue weighted by Crippen LogP contribution is 2.18. The predicted molar refractivity (Wildman–Crippen MR) is 86.4 cm³/mol. The summed E-state index contributed by atoms with van der Waals surface area (Å²) in [4.78, 5) is 12.2. The first kappa shape index (κ1) is 15.8. The SMILES string of the molecule is CCCCn1ncc(NCc2cnn(C)c2C)c(Br)c1=O. The lowest BCUT2D eigenvalue weighted by atomic mass is 10.2. The normalized spacial score (nSPS) is 10.9. The lowest BCUT2D eigenvalue weighted by molar-refractivity contribution is 0.541. The molecule has 0 aliphatic carbocycles. The van der Waals surface area contributed by atoms with Crippen LogP contribution < -0.4 is 10.9 Å². The van der Waals surface area contributed by atoms with Gasteiger partial charge in [-0.15, -0.1) is 0 Å². The van der Waals surface area contributed by atoms with E-state index >= 15 is 0 Å². The molecule has 0 amide bonds. The molecule has 0 aliphatic heterocycles. The molecular formula is C14H20BrN5O. The van der Waals surface area contributed by atoms with Crippen LogP contribution in [0.25, 0.3) is 0 Å². The van der Waals surface area contributed by atoms with Crippen molar-refractivity contribution in [2.45, 2.75) is 39.8 Å². The third-order valence-corrected chi connectivity index (χ3v) is 4.28. The highest BCUT2D eigenvalue weighted by molar-refractivity contribution is 9.10. The minimum Gasteiger partial charge on any atom is -0.378 e. The fraction of sp³-hybridized carbons (Fsp3) is 0.500. The molecule has 21 heavy (non-hydrogen) atoms. The van der Waals surface area contributed by atoms with Crippen LogP contribution in [0, 0.1) is 6.92 Å². The van der Waals surface area contributed by atoms with Crippen molar-refractivity contribution >= 4 is 21.6 Å². The Bertz CT molecular complexity index is 676. The maximum absolute atomic E-state index is 12.2. The number of hydrogen-bond acceptors (Lipinski definition) is 4. The molecule has 1 N–H and O–H groups in total. The predicted octanol–water partition coefficient (Wildman–Crippen LogP) is 2.46. The van der Waals surface area contributed by atoms with Gasteiger partial charge in [0.2, 0.25) is 0 Å². The van der Waals surface area contributed by atoms with E-state index in [0.29, 0.717) is 23.2 Å². The summed E-state index contributed by atoms with van der Waals surface area (Å²) in [5, 5.41) is 11.6. The number of aromatic nitrogens is 4. The maximum Gasteiger partial charge on any atom is 0.283 e. The Hall–Kier alpha value is -1.63. The number of unbranched alkanes of at least 4 members (excludes halogenated alkanes) is 1. The van der Waals surface area contributed by atoms with Crippen molar-refractivity contribution in [1.82, 2.24) is 19.6 Å². The fourth-order valence-corrected chi connectivity index (χ4v) is 2.41. The molecule has 0 aliphatic rings. The van der Waals surface area contributed by atoms with Crippen molar-refractivity contribution in [2.75, 3.05) is 5.32 Å². The zero-order valence-corrected chi connectivity index (χ0v) is 14.1. The van der Waals surface area contributed by atoms with E-state index in [9.17, 15) is 4.79 Å². The van der Waals surface area contributed by atoms with Gasteiger partial charge in [0.25, 0.3) is 5.56 Å². The van der Waals surface area contributed by atoms with Crippen LogP contribution in [-0.4, -0.2) is 19.6 Å². The standard InChI is InChI=1S/C14H20BrN5O/c1-4-5-6-20-14(21)13(15)12(9-18-20)16-7-11-8-17-19(3)10(11)2/h8-9,16H,4-7H2,1-3H3. The Balaban J connectivity index is 2.12. The van der Waals surface area contributed by atoms with Crippen LogP contribution >= 0.6 is 15.9 Å². The van der Waals surface area contributed by atoms with E-state index in [4.69, 9.17) is 0 Å². The quantitative estimate of drug-likeness (QED) is 0.866. The molecular weight excluding hydrogens is 334 g/mol. The molecule has 2 aromatic heterocycles. The van der Waals surface area contributed by atoms with Crippen LogP contribution in [0.15, 0.2) is 21.7 Å². The molecule has 6 nitrogen and oxygen atoms in total. The summed E-state index contributed by atoms with van der Waals surface area (Å²) in [6, 6.07) is 0. The second-order valence-electron chi connectivity index (χ2n) is 4.99. The smallest absolute Gasteiger partial charge is 0.283 e. The Morgan fingerprint density at radius 1 is 1.33 bits per heavy atom. The monoisotopic (exact) mass is 353 g/mol. The van der Waals surface area contributed by atoms with Gasteiger partial charge in [-0.25, -0.2) is 4.68 Å². The van der Waals surface area contributed by atoms with Crippen LogP contribution in [-0.2, 0) is 20.1 Å². The van der Waals surface area contributed by atoms with Gasteiger partial charge in [0, 0.05) is 31.4 Å². The molecule has 7 heteroatoms. The first-order chi connectivity index (χ1) is 10.0. The minimum atomic E-state index is -0.101. The molecule has 0 saturated heterocycles. The summed E-state index contributed by atoms with van der Waals surface area (Å²) < 4.78 is 3.84. The van der Waals surface area contributed by atoms with Crippen molar-refractivity contribution in [3.05, 3.63) is 38.5 Å². The number of hydrogen-bond donors (Lipinski definition) is 1. The first-order valence-electron chi connectivity index (χ1n) is 7.01. The summed E-state index contributed by atoms with van der Waals surface area (Å²) in [6.07, 6.45) is 5.49. The lowest BCUT2D eigenvalue weighted by Gasteiger charge is -2.10. The van der Waals surface area contributed by atoms with E-state index in [1.807, 2.05) is 24.9 Å². The van der Waals surface area contributed by atoms with E-state index in [2.05, 4.69) is 38.4 Å². The molecule has 0 radical (unpaired) electrons. The third kappa shape index (κ3) is 3.53. The summed E-state index contributed by atoms with van der Waals surface area (Å²) in [5.74, 6) is 0. The van der Waals surface area contributed by atoms with E-state index in [1.54, 1.807) is 6.20 Å². The number of aryl methyl sites for hydroxylation is 2. The molecule has 0 bridgehead atoms. The van der Waals surface area contributed by atoms with Gasteiger partial charge in [0.1, 0.15) is 4.47 Å². The van der Waals surface area contributed by atoms with Gasteiger partial charge in [0.15, 0.2) is 0 Å². The van der Waals surface area contributed by atoms with Crippen LogP contribution in [0.3, 0.4) is 0 Å². The first-order valence-corrected chi connectivity index (χ1v) is 7.80. The zero-order chi connectivity index (χ0) is 15.4. The Morgan fingerprint density at radius 2 is 2.10 bits per heavy atom. The van der Waals surface area contributed by atoms with Crippen molar-refractivity contribution < 1.29 is 0 Å². The van der Waals surface area contributed by atoms with Crippen molar-refractivity contribution in [1.29, 1.82) is 0 Å². The topological polar surface area (TPSA) is 64.7 Å². The van der Waals surface area contributed by atoms with Crippen LogP contribution in [0.4, 0.5) is 5.69 Å². The molecule has 114 valence electrons. The van der Waals surface area contributed by atoms with Gasteiger partial charge in [-0.05, 0) is 29.3 Å². The number of nitrogens with one attached hydrogen (secondary N) is 1. The van der Waals surface area contributed by atoms with Gasteiger partial charge in [0.05, 0.1) is 18.1 Å². The van der Waals surface area contributed by atoms with E-state index < -0.39 is 0 Å². The fourth-order valence-electron chi connectivity index (χ4n) is 1.96. The van der Waals surface area contributed by atoms with Crippen molar-refractivity contribution in [3.63, 3.8) is 0 Å². The second kappa shape index (κ2) is 6.89. The van der Waals surface area contributed by atoms with E-state index in [1.165, 1.54) is 4.68 Å². The number of anilines is 1. The van der Waals surface area contributed by atoms with Gasteiger partial charge in [-0.2, -0.15) is 10.2 Å². The minimum absolute atomic E-state index is 0.101. The van der Waals surface area contributed by atoms with Gasteiger partial charge < -0.3 is 5.32 Å². The summed E-state index contributed by atoms with van der Waals surface area (Å²) >= 11 is 3.36. The Morgan fingerprint density at radius 3 is 2.71 bits per heavy atom. The third-order valence-electron chi connectivity index (χ3n) is 3.51. The van der Waals surface area contributed by atoms with Gasteiger partial charge in [-0.1, -0.05) is 13.3 Å². The maximum atomic E-state index is 12.2. The Kier molecular flexibility index (Phi) is 5.17. The highest BCUT2D eigenvalue weighted by Gasteiger charge is 2.10. The molecule has 2 heterocycles. The average Bonchev–Trinajstić information content (AvgIpc) is 2.79. The van der Waals surface area contributed by atoms with E-state index in [0.717, 1.165) is 24.1 Å². The number of rotatable bonds is 6. The Labute approximate surface area is 132 Å². The molecule has 0 fully saturated rings. The second-order valence-corrected chi connectivity index (χ2v) is 5.78. The highest BCUT2D eigenvalue weighted by atomic mass is 79.9.